The molecule has 0 bridgehead atoms. The largest absolute Gasteiger partial charge is 0.324 e. The molecule has 54 valence electrons. The summed E-state index contributed by atoms with van der Waals surface area (Å²) >= 11 is 2.17. The van der Waals surface area contributed by atoms with Gasteiger partial charge in [-0.15, -0.1) is 0 Å². The highest BCUT2D eigenvalue weighted by Crippen LogP contribution is 2.15. The summed E-state index contributed by atoms with van der Waals surface area (Å²) in [6, 6.07) is -0.268. The average Bonchev–Trinajstić information content (AvgIpc) is 1.80. The number of halogens is 2. The third-order valence-corrected chi connectivity index (χ3v) is 2.40. The molecule has 1 saturated heterocycles. The molecule has 0 radical (unpaired) electrons. The average molecular weight is 244 g/mol. The maximum absolute atomic E-state index is 12.6. The van der Waals surface area contributed by atoms with Crippen LogP contribution in [0.15, 0.2) is 0 Å². The minimum Gasteiger partial charge on any atom is -0.324 e. The number of nitrogens with zero attached hydrogens (tertiary/aromatic N) is 1. The van der Waals surface area contributed by atoms with E-state index in [0.29, 0.717) is 13.0 Å². The summed E-state index contributed by atoms with van der Waals surface area (Å²) in [5.41, 5.74) is 5.45. The van der Waals surface area contributed by atoms with Gasteiger partial charge in [0.1, 0.15) is 6.17 Å². The number of hydrogen-bond acceptors (Lipinski definition) is 2. The molecule has 4 heteroatoms. The van der Waals surface area contributed by atoms with Gasteiger partial charge in [-0.2, -0.15) is 0 Å². The van der Waals surface area contributed by atoms with Gasteiger partial charge in [0.15, 0.2) is 0 Å². The van der Waals surface area contributed by atoms with E-state index in [-0.39, 0.29) is 6.04 Å². The lowest BCUT2D eigenvalue weighted by Gasteiger charge is -2.28. The summed E-state index contributed by atoms with van der Waals surface area (Å²) in [4.78, 5) is 0. The van der Waals surface area contributed by atoms with E-state index in [9.17, 15) is 4.39 Å². The zero-order valence-electron chi connectivity index (χ0n) is 5.06. The highest BCUT2D eigenvalue weighted by atomic mass is 127. The van der Waals surface area contributed by atoms with Crippen molar-refractivity contribution in [3.05, 3.63) is 0 Å². The Bertz CT molecular complexity index is 101. The van der Waals surface area contributed by atoms with Crippen molar-refractivity contribution in [2.75, 3.05) is 13.1 Å². The fourth-order valence-electron chi connectivity index (χ4n) is 0.912. The van der Waals surface area contributed by atoms with E-state index >= 15 is 0 Å². The fourth-order valence-corrected chi connectivity index (χ4v) is 1.65. The topological polar surface area (TPSA) is 29.3 Å². The van der Waals surface area contributed by atoms with Crippen molar-refractivity contribution in [3.8, 4) is 0 Å². The SMILES string of the molecule is N[C@H]1CN(I)CC[C@H]1F. The Hall–Kier alpha value is 0.580. The van der Waals surface area contributed by atoms with Crippen molar-refractivity contribution in [2.45, 2.75) is 18.6 Å². The van der Waals surface area contributed by atoms with Gasteiger partial charge in [-0.05, 0) is 6.42 Å². The predicted octanol–water partition coefficient (Wildman–Crippen LogP) is 0.708. The highest BCUT2D eigenvalue weighted by Gasteiger charge is 2.24. The first-order chi connectivity index (χ1) is 4.20. The van der Waals surface area contributed by atoms with Crippen LogP contribution in [0.4, 0.5) is 4.39 Å². The third-order valence-electron chi connectivity index (χ3n) is 1.52. The van der Waals surface area contributed by atoms with Crippen LogP contribution in [0.3, 0.4) is 0 Å². The molecule has 2 nitrogen and oxygen atoms in total. The Labute approximate surface area is 68.1 Å². The maximum atomic E-state index is 12.6. The molecule has 0 aromatic carbocycles. The molecule has 0 amide bonds. The fraction of sp³-hybridized carbons (Fsp3) is 1.00. The van der Waals surface area contributed by atoms with Crippen molar-refractivity contribution >= 4 is 22.9 Å². The summed E-state index contributed by atoms with van der Waals surface area (Å²) in [6.45, 7) is 1.51. The number of nitrogens with two attached hydrogens (primary N) is 1. The van der Waals surface area contributed by atoms with Crippen molar-refractivity contribution in [1.82, 2.24) is 3.11 Å². The van der Waals surface area contributed by atoms with Gasteiger partial charge >= 0.3 is 0 Å². The van der Waals surface area contributed by atoms with Gasteiger partial charge in [-0.25, -0.2) is 7.50 Å². The van der Waals surface area contributed by atoms with E-state index in [1.165, 1.54) is 0 Å². The summed E-state index contributed by atoms with van der Waals surface area (Å²) in [6.07, 6.45) is -0.194. The van der Waals surface area contributed by atoms with Crippen molar-refractivity contribution in [3.63, 3.8) is 0 Å². The molecule has 1 aliphatic rings. The number of hydrogen-bond donors (Lipinski definition) is 1. The lowest BCUT2D eigenvalue weighted by molar-refractivity contribution is 0.197. The Kier molecular flexibility index (Phi) is 2.66. The normalized spacial score (nSPS) is 39.0. The first kappa shape index (κ1) is 7.68. The minimum absolute atomic E-state index is 0.268. The predicted molar refractivity (Wildman–Crippen MR) is 43.1 cm³/mol. The molecule has 0 saturated carbocycles. The molecule has 2 N–H and O–H groups in total. The zero-order valence-corrected chi connectivity index (χ0v) is 7.21. The van der Waals surface area contributed by atoms with Crippen molar-refractivity contribution in [2.24, 2.45) is 5.73 Å². The molecular weight excluding hydrogens is 234 g/mol. The summed E-state index contributed by atoms with van der Waals surface area (Å²) in [5, 5.41) is 0. The van der Waals surface area contributed by atoms with E-state index in [1.807, 2.05) is 3.11 Å². The molecule has 0 unspecified atom stereocenters. The summed E-state index contributed by atoms with van der Waals surface area (Å²) in [5.74, 6) is 0. The van der Waals surface area contributed by atoms with E-state index < -0.39 is 6.17 Å². The van der Waals surface area contributed by atoms with Crippen LogP contribution in [-0.2, 0) is 0 Å². The second-order valence-corrected chi connectivity index (χ2v) is 3.70. The molecule has 2 atom stereocenters. The van der Waals surface area contributed by atoms with E-state index in [1.54, 1.807) is 0 Å². The van der Waals surface area contributed by atoms with Crippen LogP contribution in [0.25, 0.3) is 0 Å². The van der Waals surface area contributed by atoms with Gasteiger partial charge < -0.3 is 5.73 Å². The Morgan fingerprint density at radius 3 is 2.78 bits per heavy atom. The number of rotatable bonds is 0. The van der Waals surface area contributed by atoms with Crippen molar-refractivity contribution in [1.29, 1.82) is 0 Å². The molecule has 1 rings (SSSR count). The first-order valence-corrected chi connectivity index (χ1v) is 3.97. The summed E-state index contributed by atoms with van der Waals surface area (Å²) in [7, 11) is 0. The van der Waals surface area contributed by atoms with Crippen LogP contribution in [-0.4, -0.2) is 28.4 Å². The van der Waals surface area contributed by atoms with Gasteiger partial charge in [0, 0.05) is 42.0 Å². The van der Waals surface area contributed by atoms with Gasteiger partial charge in [0.2, 0.25) is 0 Å². The highest BCUT2D eigenvalue weighted by molar-refractivity contribution is 14.1. The first-order valence-electron chi connectivity index (χ1n) is 3.00. The van der Waals surface area contributed by atoms with E-state index in [0.717, 1.165) is 6.54 Å². The van der Waals surface area contributed by atoms with Gasteiger partial charge in [-0.3, -0.25) is 0 Å². The Morgan fingerprint density at radius 2 is 2.33 bits per heavy atom. The van der Waals surface area contributed by atoms with Crippen LogP contribution in [0.1, 0.15) is 6.42 Å². The molecule has 1 fully saturated rings. The van der Waals surface area contributed by atoms with Crippen LogP contribution in [0.5, 0.6) is 0 Å². The van der Waals surface area contributed by atoms with Crippen molar-refractivity contribution < 1.29 is 4.39 Å². The maximum Gasteiger partial charge on any atom is 0.118 e. The van der Waals surface area contributed by atoms with E-state index in [2.05, 4.69) is 22.9 Å². The van der Waals surface area contributed by atoms with Crippen LogP contribution >= 0.6 is 22.9 Å². The molecule has 0 aliphatic carbocycles. The second kappa shape index (κ2) is 3.12. The monoisotopic (exact) mass is 244 g/mol. The number of alkyl halides is 1. The zero-order chi connectivity index (χ0) is 6.85. The van der Waals surface area contributed by atoms with Crippen LogP contribution in [0.2, 0.25) is 0 Å². The molecular formula is C5H10FIN2. The lowest BCUT2D eigenvalue weighted by atomic mass is 10.1. The van der Waals surface area contributed by atoms with Gasteiger partial charge in [-0.1, -0.05) is 0 Å². The minimum atomic E-state index is -0.781. The smallest absolute Gasteiger partial charge is 0.118 e. The van der Waals surface area contributed by atoms with Crippen LogP contribution < -0.4 is 5.73 Å². The van der Waals surface area contributed by atoms with Gasteiger partial charge in [0.05, 0.1) is 0 Å². The molecule has 9 heavy (non-hydrogen) atoms. The molecule has 1 aliphatic heterocycles. The molecule has 1 heterocycles. The standard InChI is InChI=1S/C5H10FIN2/c6-4-1-2-9(7)3-5(4)8/h4-5H,1-3,8H2/t4-,5+/m1/s1. The molecule has 0 spiro atoms. The summed E-state index contributed by atoms with van der Waals surface area (Å²) < 4.78 is 14.6. The van der Waals surface area contributed by atoms with E-state index in [4.69, 9.17) is 5.73 Å². The Morgan fingerprint density at radius 1 is 1.67 bits per heavy atom. The van der Waals surface area contributed by atoms with Crippen LogP contribution in [0, 0.1) is 0 Å². The second-order valence-electron chi connectivity index (χ2n) is 2.34. The third kappa shape index (κ3) is 2.01. The Balaban J connectivity index is 2.35. The number of piperidine rings is 1. The van der Waals surface area contributed by atoms with Gasteiger partial charge in [0.25, 0.3) is 0 Å². The molecule has 0 aromatic rings. The molecule has 0 aromatic heterocycles. The quantitative estimate of drug-likeness (QED) is 0.502. The lowest BCUT2D eigenvalue weighted by Crippen LogP contribution is -2.45.